The fourth-order valence-electron chi connectivity index (χ4n) is 5.53. The Morgan fingerprint density at radius 3 is 1.64 bits per heavy atom. The molecule has 7 aromatic rings. The summed E-state index contributed by atoms with van der Waals surface area (Å²) in [6.45, 7) is 7.20. The molecule has 7 rings (SSSR count). The minimum absolute atomic E-state index is 0.931. The highest BCUT2D eigenvalue weighted by atomic mass is 28.3. The van der Waals surface area contributed by atoms with Crippen LogP contribution >= 0.6 is 0 Å². The van der Waals surface area contributed by atoms with Crippen molar-refractivity contribution in [3.05, 3.63) is 127 Å². The van der Waals surface area contributed by atoms with Crippen LogP contribution in [-0.2, 0) is 0 Å². The molecule has 0 saturated carbocycles. The van der Waals surface area contributed by atoms with Crippen LogP contribution in [0.3, 0.4) is 0 Å². The van der Waals surface area contributed by atoms with E-state index in [0.29, 0.717) is 0 Å². The highest BCUT2D eigenvalue weighted by molar-refractivity contribution is 6.88. The molecular formula is C37H30OSi. The van der Waals surface area contributed by atoms with Gasteiger partial charge in [0.2, 0.25) is 0 Å². The first kappa shape index (κ1) is 23.7. The summed E-state index contributed by atoms with van der Waals surface area (Å²) in [6, 6.07) is 46.3. The van der Waals surface area contributed by atoms with Gasteiger partial charge < -0.3 is 4.42 Å². The van der Waals surface area contributed by atoms with E-state index in [9.17, 15) is 0 Å². The topological polar surface area (TPSA) is 13.1 Å². The number of hydrogen-bond donors (Lipinski definition) is 0. The Labute approximate surface area is 230 Å². The Morgan fingerprint density at radius 1 is 0.410 bits per heavy atom. The third kappa shape index (κ3) is 4.37. The van der Waals surface area contributed by atoms with Crippen LogP contribution in [0, 0.1) is 0 Å². The molecule has 0 N–H and O–H groups in total. The van der Waals surface area contributed by atoms with Crippen LogP contribution in [0.1, 0.15) is 0 Å². The van der Waals surface area contributed by atoms with Crippen molar-refractivity contribution in [1.82, 2.24) is 0 Å². The fourth-order valence-corrected chi connectivity index (χ4v) is 6.72. The zero-order chi connectivity index (χ0) is 26.6. The first-order chi connectivity index (χ1) is 18.9. The van der Waals surface area contributed by atoms with E-state index in [0.717, 1.165) is 21.9 Å². The van der Waals surface area contributed by atoms with Crippen molar-refractivity contribution in [2.45, 2.75) is 19.6 Å². The smallest absolute Gasteiger partial charge is 0.135 e. The van der Waals surface area contributed by atoms with Gasteiger partial charge in [-0.25, -0.2) is 0 Å². The Hall–Kier alpha value is -4.40. The largest absolute Gasteiger partial charge is 0.456 e. The van der Waals surface area contributed by atoms with Crippen molar-refractivity contribution in [2.75, 3.05) is 0 Å². The molecule has 2 heteroatoms. The zero-order valence-electron chi connectivity index (χ0n) is 22.5. The van der Waals surface area contributed by atoms with E-state index in [1.807, 2.05) is 12.1 Å². The minimum Gasteiger partial charge on any atom is -0.456 e. The molecule has 0 bridgehead atoms. The predicted octanol–water partition coefficient (Wildman–Crippen LogP) is 10.3. The maximum atomic E-state index is 6.02. The van der Waals surface area contributed by atoms with Gasteiger partial charge in [-0.3, -0.25) is 0 Å². The molecule has 0 aliphatic heterocycles. The van der Waals surface area contributed by atoms with Crippen LogP contribution in [0.2, 0.25) is 19.6 Å². The highest BCUT2D eigenvalue weighted by Crippen LogP contribution is 2.34. The molecule has 0 spiro atoms. The van der Waals surface area contributed by atoms with E-state index in [1.54, 1.807) is 0 Å². The van der Waals surface area contributed by atoms with E-state index in [2.05, 4.69) is 135 Å². The minimum atomic E-state index is -1.34. The molecule has 0 aliphatic carbocycles. The van der Waals surface area contributed by atoms with Gasteiger partial charge in [0.25, 0.3) is 0 Å². The molecule has 0 fully saturated rings. The van der Waals surface area contributed by atoms with Crippen LogP contribution in [0.5, 0.6) is 0 Å². The van der Waals surface area contributed by atoms with Gasteiger partial charge in [0, 0.05) is 10.8 Å². The quantitative estimate of drug-likeness (QED) is 0.211. The summed E-state index contributed by atoms with van der Waals surface area (Å²) in [5.41, 5.74) is 9.33. The van der Waals surface area contributed by atoms with Crippen LogP contribution in [0.15, 0.2) is 132 Å². The number of benzene rings is 6. The maximum Gasteiger partial charge on any atom is 0.135 e. The number of hydrogen-bond acceptors (Lipinski definition) is 1. The average molecular weight is 519 g/mol. The van der Waals surface area contributed by atoms with Crippen molar-refractivity contribution < 1.29 is 4.42 Å². The van der Waals surface area contributed by atoms with Gasteiger partial charge in [-0.1, -0.05) is 122 Å². The second kappa shape index (κ2) is 9.11. The lowest BCUT2D eigenvalue weighted by Gasteiger charge is -2.17. The number of para-hydroxylation sites is 1. The second-order valence-electron chi connectivity index (χ2n) is 11.5. The van der Waals surface area contributed by atoms with E-state index >= 15 is 0 Å². The van der Waals surface area contributed by atoms with Gasteiger partial charge in [-0.05, 0) is 74.5 Å². The average Bonchev–Trinajstić information content (AvgIpc) is 3.34. The lowest BCUT2D eigenvalue weighted by molar-refractivity contribution is 0.669. The maximum absolute atomic E-state index is 6.02. The first-order valence-electron chi connectivity index (χ1n) is 13.6. The van der Waals surface area contributed by atoms with Crippen molar-refractivity contribution in [3.8, 4) is 33.4 Å². The first-order valence-corrected chi connectivity index (χ1v) is 17.1. The van der Waals surface area contributed by atoms with Crippen molar-refractivity contribution >= 4 is 46.0 Å². The van der Waals surface area contributed by atoms with E-state index < -0.39 is 8.07 Å². The summed E-state index contributed by atoms with van der Waals surface area (Å²) in [6.07, 6.45) is 0. The molecule has 39 heavy (non-hydrogen) atoms. The van der Waals surface area contributed by atoms with E-state index in [4.69, 9.17) is 4.42 Å². The standard InChI is InChI=1S/C37H30OSi/c1-39(2,3)33-8-6-7-27(23-33)25-11-13-26(14-12-25)28-15-16-30-22-31(18-17-29(30)21-28)32-19-20-37-35(24-32)34-9-4-5-10-36(34)38-37/h4-24H,1-3H3. The van der Waals surface area contributed by atoms with Crippen molar-refractivity contribution in [2.24, 2.45) is 0 Å². The summed E-state index contributed by atoms with van der Waals surface area (Å²) in [5, 5.41) is 6.31. The predicted molar refractivity (Wildman–Crippen MR) is 171 cm³/mol. The molecule has 0 saturated heterocycles. The van der Waals surface area contributed by atoms with Crippen molar-refractivity contribution in [3.63, 3.8) is 0 Å². The third-order valence-corrected chi connectivity index (χ3v) is 9.87. The van der Waals surface area contributed by atoms with Gasteiger partial charge in [0.15, 0.2) is 0 Å². The molecule has 1 nitrogen and oxygen atoms in total. The lowest BCUT2D eigenvalue weighted by Crippen LogP contribution is -2.37. The second-order valence-corrected chi connectivity index (χ2v) is 16.6. The Morgan fingerprint density at radius 2 is 0.949 bits per heavy atom. The van der Waals surface area contributed by atoms with Gasteiger partial charge in [-0.15, -0.1) is 0 Å². The molecular weight excluding hydrogens is 488 g/mol. The monoisotopic (exact) mass is 518 g/mol. The van der Waals surface area contributed by atoms with E-state index in [-0.39, 0.29) is 0 Å². The molecule has 0 radical (unpaired) electrons. The van der Waals surface area contributed by atoms with Gasteiger partial charge in [-0.2, -0.15) is 0 Å². The van der Waals surface area contributed by atoms with Gasteiger partial charge in [0.1, 0.15) is 11.2 Å². The van der Waals surface area contributed by atoms with Crippen molar-refractivity contribution in [1.29, 1.82) is 0 Å². The molecule has 0 aliphatic rings. The van der Waals surface area contributed by atoms with Crippen LogP contribution < -0.4 is 5.19 Å². The summed E-state index contributed by atoms with van der Waals surface area (Å²) in [4.78, 5) is 0. The Kier molecular flexibility index (Phi) is 5.54. The molecule has 0 atom stereocenters. The highest BCUT2D eigenvalue weighted by Gasteiger charge is 2.16. The molecule has 188 valence electrons. The summed E-state index contributed by atoms with van der Waals surface area (Å²) in [7, 11) is -1.34. The molecule has 0 unspecified atom stereocenters. The fraction of sp³-hybridized carbons (Fsp3) is 0.0811. The number of rotatable bonds is 4. The van der Waals surface area contributed by atoms with Gasteiger partial charge in [0.05, 0.1) is 8.07 Å². The normalized spacial score (nSPS) is 12.0. The van der Waals surface area contributed by atoms with Crippen LogP contribution in [0.25, 0.3) is 66.1 Å². The zero-order valence-corrected chi connectivity index (χ0v) is 23.5. The number of furan rings is 1. The SMILES string of the molecule is C[Si](C)(C)c1cccc(-c2ccc(-c3ccc4cc(-c5ccc6oc7ccccc7c6c5)ccc4c3)cc2)c1. The number of fused-ring (bicyclic) bond motifs is 4. The Bertz CT molecular complexity index is 1990. The van der Waals surface area contributed by atoms with Gasteiger partial charge >= 0.3 is 0 Å². The Balaban J connectivity index is 1.19. The molecule has 0 amide bonds. The molecule has 1 aromatic heterocycles. The summed E-state index contributed by atoms with van der Waals surface area (Å²) < 4.78 is 6.02. The summed E-state index contributed by atoms with van der Waals surface area (Å²) in [5.74, 6) is 0. The van der Waals surface area contributed by atoms with Crippen LogP contribution in [0.4, 0.5) is 0 Å². The molecule has 1 heterocycles. The lowest BCUT2D eigenvalue weighted by atomic mass is 9.96. The summed E-state index contributed by atoms with van der Waals surface area (Å²) >= 11 is 0. The van der Waals surface area contributed by atoms with Crippen LogP contribution in [-0.4, -0.2) is 8.07 Å². The third-order valence-electron chi connectivity index (χ3n) is 7.83. The molecule has 6 aromatic carbocycles. The van der Waals surface area contributed by atoms with E-state index in [1.165, 1.54) is 49.3 Å².